The van der Waals surface area contributed by atoms with Gasteiger partial charge in [-0.05, 0) is 64.6 Å². The molecule has 0 spiro atoms. The Bertz CT molecular complexity index is 751. The zero-order valence-corrected chi connectivity index (χ0v) is 26.3. The molecule has 0 bridgehead atoms. The summed E-state index contributed by atoms with van der Waals surface area (Å²) in [6.07, 6.45) is 2.14. The molecule has 8 nitrogen and oxygen atoms in total. The van der Waals surface area contributed by atoms with Crippen LogP contribution < -0.4 is 0 Å². The number of nitrogens with zero attached hydrogens (tertiary/aromatic N) is 1. The van der Waals surface area contributed by atoms with Crippen LogP contribution in [-0.4, -0.2) is 73.2 Å². The van der Waals surface area contributed by atoms with E-state index in [0.29, 0.717) is 29.7 Å². The van der Waals surface area contributed by atoms with Crippen LogP contribution in [0.15, 0.2) is 12.2 Å². The molecule has 0 aromatic heterocycles. The molecule has 1 amide bonds. The normalized spacial score (nSPS) is 20.2. The lowest BCUT2D eigenvalue weighted by Gasteiger charge is -2.45. The maximum Gasteiger partial charge on any atom is 0.412 e. The average molecular weight is 544 g/mol. The third-order valence-electron chi connectivity index (χ3n) is 7.08. The monoisotopic (exact) mass is 543 g/mol. The van der Waals surface area contributed by atoms with Crippen molar-refractivity contribution in [3.05, 3.63) is 12.2 Å². The molecule has 1 fully saturated rings. The zero-order valence-electron chi connectivity index (χ0n) is 25.3. The highest BCUT2D eigenvalue weighted by molar-refractivity contribution is 6.77. The molecule has 0 aromatic rings. The smallest absolute Gasteiger partial charge is 0.412 e. The Morgan fingerprint density at radius 2 is 1.65 bits per heavy atom. The van der Waals surface area contributed by atoms with Gasteiger partial charge in [0.25, 0.3) is 0 Å². The summed E-state index contributed by atoms with van der Waals surface area (Å²) in [5.74, 6) is -0.399. The van der Waals surface area contributed by atoms with Gasteiger partial charge in [-0.15, -0.1) is 0 Å². The first-order chi connectivity index (χ1) is 16.9. The molecule has 9 heteroatoms. The Balaban J connectivity index is 3.27. The molecule has 1 aliphatic rings. The number of aliphatic hydroxyl groups is 1. The maximum atomic E-state index is 13.1. The molecule has 3 atom stereocenters. The Morgan fingerprint density at radius 1 is 1.11 bits per heavy atom. The van der Waals surface area contributed by atoms with Crippen LogP contribution in [-0.2, 0) is 23.4 Å². The minimum Gasteiger partial charge on any atom is -0.463 e. The van der Waals surface area contributed by atoms with Crippen LogP contribution in [0.1, 0.15) is 95.9 Å². The molecule has 216 valence electrons. The van der Waals surface area contributed by atoms with Crippen molar-refractivity contribution in [2.24, 2.45) is 0 Å². The van der Waals surface area contributed by atoms with Gasteiger partial charge in [0, 0.05) is 12.5 Å². The highest BCUT2D eigenvalue weighted by atomic mass is 28.4. The summed E-state index contributed by atoms with van der Waals surface area (Å²) in [4.78, 5) is 26.5. The lowest BCUT2D eigenvalue weighted by atomic mass is 10.0. The molecule has 0 unspecified atom stereocenters. The highest BCUT2D eigenvalue weighted by Gasteiger charge is 2.50. The van der Waals surface area contributed by atoms with Crippen molar-refractivity contribution in [3.8, 4) is 0 Å². The molecule has 1 rings (SSSR count). The molecular weight excluding hydrogens is 490 g/mol. The summed E-state index contributed by atoms with van der Waals surface area (Å²) in [5, 5.41) is 11.5. The van der Waals surface area contributed by atoms with Gasteiger partial charge in [0.2, 0.25) is 8.32 Å². The third kappa shape index (κ3) is 9.08. The Morgan fingerprint density at radius 3 is 2.11 bits per heavy atom. The first kappa shape index (κ1) is 33.6. The number of hydrogen-bond acceptors (Lipinski definition) is 7. The quantitative estimate of drug-likeness (QED) is 0.178. The number of carbonyl (C=O) groups is 2. The number of rotatable bonds is 12. The van der Waals surface area contributed by atoms with Crippen LogP contribution in [0.3, 0.4) is 0 Å². The molecule has 1 aliphatic heterocycles. The van der Waals surface area contributed by atoms with Gasteiger partial charge < -0.3 is 23.7 Å². The fourth-order valence-electron chi connectivity index (χ4n) is 5.60. The Labute approximate surface area is 226 Å². The van der Waals surface area contributed by atoms with E-state index in [-0.39, 0.29) is 19.1 Å². The number of esters is 1. The molecule has 1 N–H and O–H groups in total. The van der Waals surface area contributed by atoms with Crippen molar-refractivity contribution in [2.75, 3.05) is 13.2 Å². The second-order valence-corrected chi connectivity index (χ2v) is 17.8. The second-order valence-electron chi connectivity index (χ2n) is 12.4. The van der Waals surface area contributed by atoms with E-state index < -0.39 is 43.9 Å². The first-order valence-electron chi connectivity index (χ1n) is 13.7. The number of ether oxygens (including phenoxy) is 3. The van der Waals surface area contributed by atoms with E-state index in [1.54, 1.807) is 26.8 Å². The summed E-state index contributed by atoms with van der Waals surface area (Å²) in [5.41, 5.74) is -0.527. The number of amides is 1. The van der Waals surface area contributed by atoms with Gasteiger partial charge in [-0.1, -0.05) is 47.6 Å². The van der Waals surface area contributed by atoms with Gasteiger partial charge in [-0.3, -0.25) is 4.90 Å². The summed E-state index contributed by atoms with van der Waals surface area (Å²) >= 11 is 0. The second kappa shape index (κ2) is 13.6. The predicted molar refractivity (Wildman–Crippen MR) is 149 cm³/mol. The van der Waals surface area contributed by atoms with Gasteiger partial charge >= 0.3 is 12.1 Å². The van der Waals surface area contributed by atoms with Gasteiger partial charge in [-0.25, -0.2) is 9.59 Å². The van der Waals surface area contributed by atoms with E-state index in [4.69, 9.17) is 18.6 Å². The van der Waals surface area contributed by atoms with Gasteiger partial charge in [0.05, 0.1) is 31.5 Å². The number of aliphatic hydroxyl groups excluding tert-OH is 1. The van der Waals surface area contributed by atoms with Crippen LogP contribution in [0.4, 0.5) is 4.79 Å². The molecule has 0 radical (unpaired) electrons. The summed E-state index contributed by atoms with van der Waals surface area (Å²) in [7, 11) is -2.29. The fourth-order valence-corrected chi connectivity index (χ4v) is 11.2. The van der Waals surface area contributed by atoms with Crippen molar-refractivity contribution in [3.63, 3.8) is 0 Å². The minimum absolute atomic E-state index is 0.194. The third-order valence-corrected chi connectivity index (χ3v) is 13.2. The molecule has 0 saturated carbocycles. The minimum atomic E-state index is -2.29. The van der Waals surface area contributed by atoms with E-state index in [1.807, 2.05) is 20.8 Å². The lowest BCUT2D eigenvalue weighted by Crippen LogP contribution is -2.54. The lowest BCUT2D eigenvalue weighted by molar-refractivity contribution is -0.137. The van der Waals surface area contributed by atoms with Crippen molar-refractivity contribution in [1.82, 2.24) is 4.90 Å². The molecule has 1 heterocycles. The number of hydrogen-bond donors (Lipinski definition) is 1. The molecular formula is C28H53NO7Si. The van der Waals surface area contributed by atoms with Crippen LogP contribution in [0.25, 0.3) is 0 Å². The first-order valence-corrected chi connectivity index (χ1v) is 15.9. The topological polar surface area (TPSA) is 94.5 Å². The largest absolute Gasteiger partial charge is 0.463 e. The van der Waals surface area contributed by atoms with E-state index >= 15 is 0 Å². The molecule has 1 saturated heterocycles. The predicted octanol–water partition coefficient (Wildman–Crippen LogP) is 6.18. The van der Waals surface area contributed by atoms with Gasteiger partial charge in [-0.2, -0.15) is 0 Å². The summed E-state index contributed by atoms with van der Waals surface area (Å²) < 4.78 is 23.6. The fraction of sp³-hybridized carbons (Fsp3) is 0.857. The van der Waals surface area contributed by atoms with Crippen LogP contribution in [0, 0.1) is 0 Å². The Hall–Kier alpha value is -1.42. The van der Waals surface area contributed by atoms with E-state index in [0.717, 1.165) is 0 Å². The maximum absolute atomic E-state index is 13.1. The SMILES string of the molecule is CCOC(=O)/C=C/C[C@H](C[C@@H](O)[C@@H]1COC(C)(C)N1C(=O)OC(C)(C)C)O[Si](C(C)C)(C(C)C)C(C)C. The van der Waals surface area contributed by atoms with E-state index in [2.05, 4.69) is 41.5 Å². The zero-order chi connectivity index (χ0) is 28.8. The molecule has 0 aromatic carbocycles. The highest BCUT2D eigenvalue weighted by Crippen LogP contribution is 2.44. The number of carbonyl (C=O) groups excluding carboxylic acids is 2. The summed E-state index contributed by atoms with van der Waals surface area (Å²) in [6, 6.07) is -0.585. The van der Waals surface area contributed by atoms with Gasteiger partial charge in [0.15, 0.2) is 0 Å². The van der Waals surface area contributed by atoms with Crippen molar-refractivity contribution in [1.29, 1.82) is 0 Å². The van der Waals surface area contributed by atoms with Crippen molar-refractivity contribution in [2.45, 2.75) is 142 Å². The molecule has 37 heavy (non-hydrogen) atoms. The van der Waals surface area contributed by atoms with Crippen LogP contribution >= 0.6 is 0 Å². The summed E-state index contributed by atoms with van der Waals surface area (Å²) in [6.45, 7) is 24.6. The average Bonchev–Trinajstić information content (AvgIpc) is 3.05. The Kier molecular flexibility index (Phi) is 12.3. The van der Waals surface area contributed by atoms with E-state index in [1.165, 1.54) is 11.0 Å². The van der Waals surface area contributed by atoms with Gasteiger partial charge in [0.1, 0.15) is 11.3 Å². The van der Waals surface area contributed by atoms with E-state index in [9.17, 15) is 14.7 Å². The van der Waals surface area contributed by atoms with Crippen molar-refractivity contribution >= 4 is 20.4 Å². The van der Waals surface area contributed by atoms with Crippen molar-refractivity contribution < 1.29 is 33.3 Å². The molecule has 0 aliphatic carbocycles. The van der Waals surface area contributed by atoms with Crippen LogP contribution in [0.2, 0.25) is 16.6 Å². The standard InChI is InChI=1S/C28H53NO7Si/c1-13-33-25(31)16-14-15-22(36-37(19(2)3,20(4)5)21(6)7)17-24(30)23-18-34-28(11,12)29(23)26(32)35-27(8,9)10/h14,16,19-24,30H,13,15,17-18H2,1-12H3/b16-14+/t22-,23+,24-/m1/s1. The van der Waals surface area contributed by atoms with Crippen LogP contribution in [0.5, 0.6) is 0 Å².